The molecule has 0 spiro atoms. The molecule has 2 rings (SSSR count). The average molecular weight is 264 g/mol. The normalized spacial score (nSPS) is 20.6. The second-order valence-corrected chi connectivity index (χ2v) is 4.73. The highest BCUT2D eigenvalue weighted by Gasteiger charge is 2.28. The van der Waals surface area contributed by atoms with Crippen LogP contribution in [0.5, 0.6) is 5.75 Å². The van der Waals surface area contributed by atoms with E-state index in [-0.39, 0.29) is 11.8 Å². The van der Waals surface area contributed by atoms with Gasteiger partial charge in [-0.05, 0) is 25.0 Å². The number of nitrogens with one attached hydrogen (secondary N) is 1. The molecule has 1 amide bonds. The lowest BCUT2D eigenvalue weighted by Gasteiger charge is -2.29. The number of hydrogen-bond acceptors (Lipinski definition) is 4. The summed E-state index contributed by atoms with van der Waals surface area (Å²) in [5.74, 6) is 0.517. The van der Waals surface area contributed by atoms with E-state index < -0.39 is 6.04 Å². The van der Waals surface area contributed by atoms with Gasteiger partial charge in [0.05, 0.1) is 13.7 Å². The zero-order chi connectivity index (χ0) is 13.7. The fraction of sp³-hybridized carbons (Fsp3) is 0.500. The van der Waals surface area contributed by atoms with Gasteiger partial charge >= 0.3 is 0 Å². The van der Waals surface area contributed by atoms with E-state index in [1.807, 2.05) is 24.3 Å². The molecule has 1 saturated heterocycles. The van der Waals surface area contributed by atoms with Gasteiger partial charge in [-0.25, -0.2) is 0 Å². The number of methoxy groups -OCH3 is 1. The minimum absolute atomic E-state index is 0.123. The van der Waals surface area contributed by atoms with Crippen molar-refractivity contribution in [3.63, 3.8) is 0 Å². The molecule has 1 aliphatic heterocycles. The monoisotopic (exact) mass is 264 g/mol. The second kappa shape index (κ2) is 6.43. The highest BCUT2D eigenvalue weighted by Crippen LogP contribution is 2.23. The lowest BCUT2D eigenvalue weighted by atomic mass is 9.93. The van der Waals surface area contributed by atoms with Crippen molar-refractivity contribution in [1.29, 1.82) is 0 Å². The Morgan fingerprint density at radius 2 is 2.42 bits per heavy atom. The van der Waals surface area contributed by atoms with E-state index in [0.29, 0.717) is 6.61 Å². The maximum Gasteiger partial charge on any atom is 0.240 e. The van der Waals surface area contributed by atoms with E-state index in [1.165, 1.54) is 0 Å². The Morgan fingerprint density at radius 3 is 3.05 bits per heavy atom. The molecule has 5 heteroatoms. The maximum absolute atomic E-state index is 11.6. The zero-order valence-corrected chi connectivity index (χ0v) is 11.1. The van der Waals surface area contributed by atoms with Crippen molar-refractivity contribution < 1.29 is 14.3 Å². The van der Waals surface area contributed by atoms with Gasteiger partial charge in [-0.3, -0.25) is 4.79 Å². The summed E-state index contributed by atoms with van der Waals surface area (Å²) < 4.78 is 10.6. The maximum atomic E-state index is 11.6. The molecular formula is C14H20N2O3. The summed E-state index contributed by atoms with van der Waals surface area (Å²) >= 11 is 0. The van der Waals surface area contributed by atoms with Gasteiger partial charge in [-0.1, -0.05) is 6.07 Å². The molecule has 0 saturated carbocycles. The standard InChI is InChI=1S/C14H20N2O3/c1-18-12-6-2-5-11(8-12)16-13(14(15)17)10-4-3-7-19-9-10/h2,5-6,8,10,13,16H,3-4,7,9H2,1H3,(H2,15,17). The fourth-order valence-electron chi connectivity index (χ4n) is 2.34. The fourth-order valence-corrected chi connectivity index (χ4v) is 2.34. The number of rotatable bonds is 5. The van der Waals surface area contributed by atoms with Crippen LogP contribution in [0.2, 0.25) is 0 Å². The van der Waals surface area contributed by atoms with Crippen molar-refractivity contribution >= 4 is 11.6 Å². The van der Waals surface area contributed by atoms with Crippen LogP contribution >= 0.6 is 0 Å². The molecule has 0 radical (unpaired) electrons. The summed E-state index contributed by atoms with van der Waals surface area (Å²) in [7, 11) is 1.61. The van der Waals surface area contributed by atoms with E-state index in [9.17, 15) is 4.79 Å². The quantitative estimate of drug-likeness (QED) is 0.842. The van der Waals surface area contributed by atoms with Gasteiger partial charge in [-0.2, -0.15) is 0 Å². The van der Waals surface area contributed by atoms with Crippen molar-refractivity contribution in [2.45, 2.75) is 18.9 Å². The minimum Gasteiger partial charge on any atom is -0.497 e. The SMILES string of the molecule is COc1cccc(NC(C(N)=O)C2CCCOC2)c1. The van der Waals surface area contributed by atoms with Crippen LogP contribution in [0, 0.1) is 5.92 Å². The van der Waals surface area contributed by atoms with E-state index >= 15 is 0 Å². The number of ether oxygens (including phenoxy) is 2. The van der Waals surface area contributed by atoms with Crippen LogP contribution in [0.25, 0.3) is 0 Å². The van der Waals surface area contributed by atoms with Gasteiger partial charge in [0.1, 0.15) is 11.8 Å². The number of hydrogen-bond donors (Lipinski definition) is 2. The highest BCUT2D eigenvalue weighted by atomic mass is 16.5. The summed E-state index contributed by atoms with van der Waals surface area (Å²) in [6.07, 6.45) is 1.92. The first kappa shape index (κ1) is 13.7. The first-order chi connectivity index (χ1) is 9.20. The van der Waals surface area contributed by atoms with Crippen molar-refractivity contribution in [1.82, 2.24) is 0 Å². The van der Waals surface area contributed by atoms with Gasteiger partial charge in [-0.15, -0.1) is 0 Å². The Kier molecular flexibility index (Phi) is 4.63. The molecule has 2 atom stereocenters. The first-order valence-electron chi connectivity index (χ1n) is 6.48. The molecule has 1 fully saturated rings. The van der Waals surface area contributed by atoms with Crippen LogP contribution in [-0.2, 0) is 9.53 Å². The summed E-state index contributed by atoms with van der Waals surface area (Å²) in [5, 5.41) is 3.19. The lowest BCUT2D eigenvalue weighted by molar-refractivity contribution is -0.121. The largest absolute Gasteiger partial charge is 0.497 e. The first-order valence-corrected chi connectivity index (χ1v) is 6.48. The molecular weight excluding hydrogens is 244 g/mol. The smallest absolute Gasteiger partial charge is 0.240 e. The van der Waals surface area contributed by atoms with E-state index in [0.717, 1.165) is 30.9 Å². The molecule has 1 heterocycles. The molecule has 1 aromatic carbocycles. The van der Waals surface area contributed by atoms with Crippen LogP contribution in [-0.4, -0.2) is 32.3 Å². The lowest BCUT2D eigenvalue weighted by Crippen LogP contribution is -2.44. The number of carbonyl (C=O) groups is 1. The van der Waals surface area contributed by atoms with Gasteiger partial charge < -0.3 is 20.5 Å². The summed E-state index contributed by atoms with van der Waals surface area (Å²) in [5.41, 5.74) is 6.33. The van der Waals surface area contributed by atoms with E-state index in [2.05, 4.69) is 5.32 Å². The van der Waals surface area contributed by atoms with Crippen LogP contribution in [0.4, 0.5) is 5.69 Å². The molecule has 19 heavy (non-hydrogen) atoms. The predicted molar refractivity (Wildman–Crippen MR) is 73.1 cm³/mol. The summed E-state index contributed by atoms with van der Waals surface area (Å²) in [6, 6.07) is 7.06. The summed E-state index contributed by atoms with van der Waals surface area (Å²) in [6.45, 7) is 1.34. The van der Waals surface area contributed by atoms with Crippen LogP contribution in [0.1, 0.15) is 12.8 Å². The van der Waals surface area contributed by atoms with E-state index in [1.54, 1.807) is 7.11 Å². The molecule has 3 N–H and O–H groups in total. The minimum atomic E-state index is -0.410. The Morgan fingerprint density at radius 1 is 1.58 bits per heavy atom. The molecule has 1 aliphatic rings. The molecule has 104 valence electrons. The molecule has 2 unspecified atom stereocenters. The number of amides is 1. The zero-order valence-electron chi connectivity index (χ0n) is 11.1. The third-order valence-corrected chi connectivity index (χ3v) is 3.37. The number of anilines is 1. The van der Waals surface area contributed by atoms with Gasteiger partial charge in [0.25, 0.3) is 0 Å². The third-order valence-electron chi connectivity index (χ3n) is 3.37. The second-order valence-electron chi connectivity index (χ2n) is 4.73. The Hall–Kier alpha value is -1.75. The molecule has 1 aromatic rings. The van der Waals surface area contributed by atoms with Crippen LogP contribution in [0.3, 0.4) is 0 Å². The number of nitrogens with two attached hydrogens (primary N) is 1. The third kappa shape index (κ3) is 3.61. The van der Waals surface area contributed by atoms with Crippen LogP contribution < -0.4 is 15.8 Å². The summed E-state index contributed by atoms with van der Waals surface area (Å²) in [4.78, 5) is 11.6. The van der Waals surface area contributed by atoms with Crippen molar-refractivity contribution in [3.05, 3.63) is 24.3 Å². The highest BCUT2D eigenvalue weighted by molar-refractivity contribution is 5.83. The molecule has 0 aromatic heterocycles. The number of primary amides is 1. The van der Waals surface area contributed by atoms with Gasteiger partial charge in [0.15, 0.2) is 0 Å². The number of carbonyl (C=O) groups excluding carboxylic acids is 1. The predicted octanol–water partition coefficient (Wildman–Crippen LogP) is 1.39. The molecule has 5 nitrogen and oxygen atoms in total. The average Bonchev–Trinajstić information content (AvgIpc) is 2.45. The van der Waals surface area contributed by atoms with Crippen molar-refractivity contribution in [2.75, 3.05) is 25.6 Å². The molecule has 0 aliphatic carbocycles. The topological polar surface area (TPSA) is 73.6 Å². The Labute approximate surface area is 113 Å². The Bertz CT molecular complexity index is 430. The van der Waals surface area contributed by atoms with Crippen molar-refractivity contribution in [3.8, 4) is 5.75 Å². The van der Waals surface area contributed by atoms with Gasteiger partial charge in [0.2, 0.25) is 5.91 Å². The van der Waals surface area contributed by atoms with Crippen molar-refractivity contribution in [2.24, 2.45) is 11.7 Å². The van der Waals surface area contributed by atoms with Gasteiger partial charge in [0, 0.05) is 24.3 Å². The van der Waals surface area contributed by atoms with E-state index in [4.69, 9.17) is 15.2 Å². The van der Waals surface area contributed by atoms with Crippen LogP contribution in [0.15, 0.2) is 24.3 Å². The molecule has 0 bridgehead atoms. The number of benzene rings is 1. The Balaban J connectivity index is 2.08.